The average molecular weight is 559 g/mol. The molecular formula is C22H31FIN5OS. The third-order valence-electron chi connectivity index (χ3n) is 5.14. The molecule has 31 heavy (non-hydrogen) atoms. The van der Waals surface area contributed by atoms with Crippen LogP contribution in [-0.2, 0) is 11.3 Å². The van der Waals surface area contributed by atoms with Crippen molar-refractivity contribution in [3.8, 4) is 0 Å². The second-order valence-corrected chi connectivity index (χ2v) is 8.78. The van der Waals surface area contributed by atoms with E-state index in [9.17, 15) is 9.18 Å². The summed E-state index contributed by atoms with van der Waals surface area (Å²) in [5, 5.41) is 8.89. The van der Waals surface area contributed by atoms with Gasteiger partial charge >= 0.3 is 0 Å². The predicted octanol–water partition coefficient (Wildman–Crippen LogP) is 3.61. The summed E-state index contributed by atoms with van der Waals surface area (Å²) in [6.07, 6.45) is 2.04. The van der Waals surface area contributed by atoms with Crippen LogP contribution in [0.3, 0.4) is 0 Å². The number of piperidine rings is 1. The lowest BCUT2D eigenvalue weighted by atomic mass is 10.0. The van der Waals surface area contributed by atoms with Gasteiger partial charge in [-0.1, -0.05) is 6.07 Å². The fourth-order valence-corrected chi connectivity index (χ4v) is 4.15. The van der Waals surface area contributed by atoms with E-state index in [1.54, 1.807) is 36.4 Å². The Bertz CT molecular complexity index is 875. The highest BCUT2D eigenvalue weighted by Gasteiger charge is 2.22. The van der Waals surface area contributed by atoms with Crippen LogP contribution in [0, 0.1) is 12.7 Å². The number of thiophene rings is 1. The van der Waals surface area contributed by atoms with E-state index in [0.29, 0.717) is 12.5 Å². The Hall–Kier alpha value is -1.88. The molecule has 3 rings (SSSR count). The molecule has 1 aliphatic heterocycles. The molecule has 1 aliphatic rings. The van der Waals surface area contributed by atoms with Gasteiger partial charge in [0, 0.05) is 43.8 Å². The molecule has 0 saturated carbocycles. The molecule has 0 spiro atoms. The number of carbonyl (C=O) groups is 1. The van der Waals surface area contributed by atoms with Crippen LogP contribution in [0.2, 0.25) is 0 Å². The molecule has 2 aromatic rings. The van der Waals surface area contributed by atoms with Crippen molar-refractivity contribution in [2.24, 2.45) is 4.99 Å². The number of rotatable bonds is 6. The van der Waals surface area contributed by atoms with Crippen molar-refractivity contribution in [2.45, 2.75) is 32.4 Å². The molecule has 1 fully saturated rings. The number of guanidine groups is 1. The minimum absolute atomic E-state index is 0. The van der Waals surface area contributed by atoms with E-state index in [4.69, 9.17) is 0 Å². The monoisotopic (exact) mass is 559 g/mol. The number of amides is 1. The molecule has 1 saturated heterocycles. The second kappa shape index (κ2) is 12.2. The molecule has 6 nitrogen and oxygen atoms in total. The Morgan fingerprint density at radius 3 is 2.84 bits per heavy atom. The third kappa shape index (κ3) is 7.64. The summed E-state index contributed by atoms with van der Waals surface area (Å²) in [4.78, 5) is 21.5. The van der Waals surface area contributed by atoms with Gasteiger partial charge in [-0.3, -0.25) is 4.79 Å². The summed E-state index contributed by atoms with van der Waals surface area (Å²) < 4.78 is 13.5. The van der Waals surface area contributed by atoms with Crippen LogP contribution in [0.1, 0.15) is 23.3 Å². The summed E-state index contributed by atoms with van der Waals surface area (Å²) in [7, 11) is 3.46. The first kappa shape index (κ1) is 25.4. The molecule has 2 heterocycles. The number of benzene rings is 1. The van der Waals surface area contributed by atoms with Gasteiger partial charge in [0.2, 0.25) is 5.91 Å². The Morgan fingerprint density at radius 2 is 2.16 bits per heavy atom. The van der Waals surface area contributed by atoms with Gasteiger partial charge in [-0.05, 0) is 55.0 Å². The standard InChI is InChI=1S/C22H30FN5OS.HI/c1-16-12-17(23)8-9-20(16)28-10-4-6-18(15-28)26-22(25-14-21(29)27(2)3)24-13-19-7-5-11-30-19;/h5,7-9,11-12,18H,4,6,10,13-15H2,1-3H3,(H2,24,25,26);1H. The van der Waals surface area contributed by atoms with Crippen molar-refractivity contribution in [1.82, 2.24) is 15.5 Å². The highest BCUT2D eigenvalue weighted by molar-refractivity contribution is 14.0. The van der Waals surface area contributed by atoms with E-state index < -0.39 is 0 Å². The molecule has 1 unspecified atom stereocenters. The molecule has 1 aromatic heterocycles. The number of halogens is 2. The SMILES string of the molecule is Cc1cc(F)ccc1N1CCCC(NC(=NCC(=O)N(C)C)NCc2cccs2)C1.I. The zero-order valence-corrected chi connectivity index (χ0v) is 21.4. The summed E-state index contributed by atoms with van der Waals surface area (Å²) >= 11 is 1.68. The molecule has 0 bridgehead atoms. The second-order valence-electron chi connectivity index (χ2n) is 7.75. The van der Waals surface area contributed by atoms with Crippen LogP contribution in [0.25, 0.3) is 0 Å². The van der Waals surface area contributed by atoms with Gasteiger partial charge in [0.25, 0.3) is 0 Å². The highest BCUT2D eigenvalue weighted by atomic mass is 127. The van der Waals surface area contributed by atoms with Crippen LogP contribution in [0.15, 0.2) is 40.7 Å². The Balaban J connectivity index is 0.00000341. The topological polar surface area (TPSA) is 60.0 Å². The Labute approximate surface area is 204 Å². The summed E-state index contributed by atoms with van der Waals surface area (Å²) in [5.41, 5.74) is 2.01. The van der Waals surface area contributed by atoms with Crippen molar-refractivity contribution >= 4 is 52.9 Å². The number of carbonyl (C=O) groups excluding carboxylic acids is 1. The molecule has 0 radical (unpaired) electrons. The molecule has 1 aromatic carbocycles. The van der Waals surface area contributed by atoms with Crippen molar-refractivity contribution in [3.63, 3.8) is 0 Å². The van der Waals surface area contributed by atoms with E-state index >= 15 is 0 Å². The molecule has 170 valence electrons. The number of nitrogens with zero attached hydrogens (tertiary/aromatic N) is 3. The van der Waals surface area contributed by atoms with E-state index in [1.165, 1.54) is 10.9 Å². The third-order valence-corrected chi connectivity index (χ3v) is 6.02. The number of hydrogen-bond acceptors (Lipinski definition) is 4. The Morgan fingerprint density at radius 1 is 1.35 bits per heavy atom. The van der Waals surface area contributed by atoms with Crippen LogP contribution < -0.4 is 15.5 Å². The normalized spacial score (nSPS) is 16.5. The van der Waals surface area contributed by atoms with Gasteiger partial charge < -0.3 is 20.4 Å². The predicted molar refractivity (Wildman–Crippen MR) is 137 cm³/mol. The Kier molecular flexibility index (Phi) is 10.0. The molecule has 9 heteroatoms. The molecule has 1 atom stereocenters. The van der Waals surface area contributed by atoms with E-state index in [1.807, 2.05) is 24.4 Å². The van der Waals surface area contributed by atoms with Crippen LogP contribution >= 0.6 is 35.3 Å². The lowest BCUT2D eigenvalue weighted by molar-refractivity contribution is -0.127. The summed E-state index contributed by atoms with van der Waals surface area (Å²) in [6, 6.07) is 9.22. The maximum Gasteiger partial charge on any atom is 0.243 e. The van der Waals surface area contributed by atoms with Gasteiger partial charge in [-0.15, -0.1) is 35.3 Å². The van der Waals surface area contributed by atoms with Gasteiger partial charge in [0.15, 0.2) is 5.96 Å². The number of nitrogens with one attached hydrogen (secondary N) is 2. The maximum atomic E-state index is 13.5. The maximum absolute atomic E-state index is 13.5. The van der Waals surface area contributed by atoms with Gasteiger partial charge in [-0.2, -0.15) is 0 Å². The van der Waals surface area contributed by atoms with Crippen molar-refractivity contribution in [1.29, 1.82) is 0 Å². The zero-order valence-electron chi connectivity index (χ0n) is 18.2. The quantitative estimate of drug-likeness (QED) is 0.323. The van der Waals surface area contributed by atoms with E-state index in [2.05, 4.69) is 26.6 Å². The first-order valence-electron chi connectivity index (χ1n) is 10.2. The smallest absolute Gasteiger partial charge is 0.243 e. The van der Waals surface area contributed by atoms with E-state index in [-0.39, 0.29) is 48.3 Å². The number of anilines is 1. The highest BCUT2D eigenvalue weighted by Crippen LogP contribution is 2.24. The largest absolute Gasteiger partial charge is 0.369 e. The number of aryl methyl sites for hydroxylation is 1. The van der Waals surface area contributed by atoms with Crippen LogP contribution in [0.5, 0.6) is 0 Å². The lowest BCUT2D eigenvalue weighted by Gasteiger charge is -2.36. The fourth-order valence-electron chi connectivity index (χ4n) is 3.51. The number of hydrogen-bond donors (Lipinski definition) is 2. The number of likely N-dealkylation sites (N-methyl/N-ethyl adjacent to an activating group) is 1. The van der Waals surface area contributed by atoms with Crippen molar-refractivity contribution in [2.75, 3.05) is 38.6 Å². The first-order chi connectivity index (χ1) is 14.4. The van der Waals surface area contributed by atoms with Gasteiger partial charge in [-0.25, -0.2) is 9.38 Å². The molecule has 1 amide bonds. The lowest BCUT2D eigenvalue weighted by Crippen LogP contribution is -2.51. The van der Waals surface area contributed by atoms with Gasteiger partial charge in [0.1, 0.15) is 12.4 Å². The van der Waals surface area contributed by atoms with Gasteiger partial charge in [0.05, 0.1) is 6.54 Å². The van der Waals surface area contributed by atoms with Crippen LogP contribution in [0.4, 0.5) is 10.1 Å². The zero-order chi connectivity index (χ0) is 21.5. The summed E-state index contributed by atoms with van der Waals surface area (Å²) in [5.74, 6) is 0.390. The molecular weight excluding hydrogens is 528 g/mol. The fraction of sp³-hybridized carbons (Fsp3) is 0.455. The minimum Gasteiger partial charge on any atom is -0.369 e. The molecule has 2 N–H and O–H groups in total. The average Bonchev–Trinajstić information content (AvgIpc) is 3.23. The minimum atomic E-state index is -0.208. The van der Waals surface area contributed by atoms with Crippen molar-refractivity contribution < 1.29 is 9.18 Å². The van der Waals surface area contributed by atoms with E-state index in [0.717, 1.165) is 37.2 Å². The number of aliphatic imine (C=N–C) groups is 1. The molecule has 0 aliphatic carbocycles. The van der Waals surface area contributed by atoms with Crippen LogP contribution in [-0.4, -0.2) is 56.5 Å². The summed E-state index contributed by atoms with van der Waals surface area (Å²) in [6.45, 7) is 4.44. The van der Waals surface area contributed by atoms with Crippen molar-refractivity contribution in [3.05, 3.63) is 52.0 Å². The first-order valence-corrected chi connectivity index (χ1v) is 11.1.